The number of nitrogens with zero attached hydrogens (tertiary/aromatic N) is 2. The lowest BCUT2D eigenvalue weighted by molar-refractivity contribution is 0.177. The van der Waals surface area contributed by atoms with Crippen LogP contribution in [0.15, 0.2) is 72.8 Å². The van der Waals surface area contributed by atoms with Crippen molar-refractivity contribution in [1.82, 2.24) is 14.9 Å². The first-order valence-corrected chi connectivity index (χ1v) is 15.9. The lowest BCUT2D eigenvalue weighted by Gasteiger charge is -2.38. The van der Waals surface area contributed by atoms with E-state index in [0.717, 1.165) is 80.5 Å². The molecule has 42 heavy (non-hydrogen) atoms. The summed E-state index contributed by atoms with van der Waals surface area (Å²) in [5.74, 6) is 3.02. The lowest BCUT2D eigenvalue weighted by Crippen LogP contribution is -2.38. The molecule has 6 rings (SSSR count). The molecule has 1 aliphatic carbocycles. The summed E-state index contributed by atoms with van der Waals surface area (Å²) in [7, 11) is 1.73. The molecule has 1 fully saturated rings. The Morgan fingerprint density at radius 3 is 2.52 bits per heavy atom. The maximum Gasteiger partial charge on any atom is 0.140 e. The van der Waals surface area contributed by atoms with E-state index in [1.807, 2.05) is 0 Å². The largest absolute Gasteiger partial charge is 0.497 e. The average Bonchev–Trinajstić information content (AvgIpc) is 3.65. The molecule has 0 unspecified atom stereocenters. The number of rotatable bonds is 12. The molecule has 1 saturated carbocycles. The van der Waals surface area contributed by atoms with Gasteiger partial charge < -0.3 is 19.4 Å². The number of ether oxygens (including phenoxy) is 2. The van der Waals surface area contributed by atoms with Gasteiger partial charge in [0, 0.05) is 42.9 Å². The highest BCUT2D eigenvalue weighted by Crippen LogP contribution is 2.42. The predicted octanol–water partition coefficient (Wildman–Crippen LogP) is 8.24. The number of imidazole rings is 1. The van der Waals surface area contributed by atoms with E-state index in [0.29, 0.717) is 0 Å². The van der Waals surface area contributed by atoms with Gasteiger partial charge in [-0.1, -0.05) is 75.1 Å². The summed E-state index contributed by atoms with van der Waals surface area (Å²) in [4.78, 5) is 5.41. The molecule has 2 aliphatic rings. The van der Waals surface area contributed by atoms with Crippen molar-refractivity contribution in [1.29, 1.82) is 0 Å². The van der Waals surface area contributed by atoms with Crippen molar-refractivity contribution in [2.75, 3.05) is 20.3 Å². The van der Waals surface area contributed by atoms with Crippen LogP contribution in [0.3, 0.4) is 0 Å². The molecule has 5 nitrogen and oxygen atoms in total. The van der Waals surface area contributed by atoms with Gasteiger partial charge in [0.25, 0.3) is 0 Å². The Kier molecular flexibility index (Phi) is 8.95. The fraction of sp³-hybridized carbons (Fsp3) is 0.432. The molecule has 220 valence electrons. The fourth-order valence-electron chi connectivity index (χ4n) is 6.91. The van der Waals surface area contributed by atoms with E-state index in [-0.39, 0.29) is 5.41 Å². The van der Waals surface area contributed by atoms with E-state index >= 15 is 0 Å². The van der Waals surface area contributed by atoms with E-state index in [1.165, 1.54) is 54.5 Å². The maximum absolute atomic E-state index is 5.73. The molecule has 3 aromatic carbocycles. The first kappa shape index (κ1) is 28.5. The molecule has 0 atom stereocenters. The molecule has 0 radical (unpaired) electrons. The summed E-state index contributed by atoms with van der Waals surface area (Å²) < 4.78 is 13.8. The Balaban J connectivity index is 1.35. The van der Waals surface area contributed by atoms with Crippen molar-refractivity contribution in [3.8, 4) is 34.1 Å². The number of unbranched alkanes of at least 4 members (excludes halogenated alkanes) is 1. The van der Waals surface area contributed by atoms with E-state index in [9.17, 15) is 0 Å². The van der Waals surface area contributed by atoms with Gasteiger partial charge in [0.1, 0.15) is 17.3 Å². The predicted molar refractivity (Wildman–Crippen MR) is 171 cm³/mol. The van der Waals surface area contributed by atoms with Gasteiger partial charge in [-0.2, -0.15) is 0 Å². The first-order valence-electron chi connectivity index (χ1n) is 15.9. The third-order valence-electron chi connectivity index (χ3n) is 9.24. The first-order chi connectivity index (χ1) is 20.7. The Hall–Kier alpha value is -3.57. The van der Waals surface area contributed by atoms with Gasteiger partial charge >= 0.3 is 0 Å². The average molecular weight is 564 g/mol. The second kappa shape index (κ2) is 13.2. The van der Waals surface area contributed by atoms with Crippen LogP contribution in [0.2, 0.25) is 0 Å². The summed E-state index contributed by atoms with van der Waals surface area (Å²) in [6.45, 7) is 5.98. The fourth-order valence-corrected chi connectivity index (χ4v) is 6.91. The standard InChI is InChI=1S/C37H45N3O2/c1-3-4-22-40-33(35(29-14-16-32(41-2)17-15-29)39-36(40)30-11-7-5-8-12-30)25-37(20-9-6-10-21-37)27-38-26-28-13-18-34-31(24-28)19-23-42-34/h5,7-8,11-18,24,38H,3-4,6,9-10,19-23,25-27H2,1-2H3. The number of benzene rings is 3. The highest BCUT2D eigenvalue weighted by Gasteiger charge is 2.35. The van der Waals surface area contributed by atoms with Crippen LogP contribution < -0.4 is 14.8 Å². The molecule has 0 bridgehead atoms. The molecule has 1 N–H and O–H groups in total. The van der Waals surface area contributed by atoms with Gasteiger partial charge in [0.05, 0.1) is 19.4 Å². The van der Waals surface area contributed by atoms with Crippen molar-refractivity contribution in [3.05, 3.63) is 89.6 Å². The minimum Gasteiger partial charge on any atom is -0.497 e. The maximum atomic E-state index is 5.73. The van der Waals surface area contributed by atoms with Crippen molar-refractivity contribution in [2.24, 2.45) is 5.41 Å². The van der Waals surface area contributed by atoms with Gasteiger partial charge in [0.15, 0.2) is 0 Å². The highest BCUT2D eigenvalue weighted by molar-refractivity contribution is 5.69. The minimum absolute atomic E-state index is 0.206. The van der Waals surface area contributed by atoms with Crippen molar-refractivity contribution in [2.45, 2.75) is 77.8 Å². The highest BCUT2D eigenvalue weighted by atomic mass is 16.5. The SMILES string of the molecule is CCCCn1c(-c2ccccc2)nc(-c2ccc(OC)cc2)c1CC1(CNCc2ccc3c(c2)CCO3)CCCCC1. The number of aromatic nitrogens is 2. The molecule has 0 saturated heterocycles. The van der Waals surface area contributed by atoms with Crippen molar-refractivity contribution in [3.63, 3.8) is 0 Å². The zero-order valence-electron chi connectivity index (χ0n) is 25.3. The van der Waals surface area contributed by atoms with E-state index in [2.05, 4.69) is 89.6 Å². The quantitative estimate of drug-likeness (QED) is 0.189. The molecule has 1 aliphatic heterocycles. The number of hydrogen-bond acceptors (Lipinski definition) is 4. The van der Waals surface area contributed by atoms with Gasteiger partial charge in [-0.15, -0.1) is 0 Å². The molecule has 5 heteroatoms. The molecular weight excluding hydrogens is 518 g/mol. The molecule has 2 heterocycles. The third-order valence-corrected chi connectivity index (χ3v) is 9.24. The molecule has 4 aromatic rings. The zero-order valence-corrected chi connectivity index (χ0v) is 25.3. The summed E-state index contributed by atoms with van der Waals surface area (Å²) in [5.41, 5.74) is 7.75. The molecular formula is C37H45N3O2. The van der Waals surface area contributed by atoms with E-state index in [1.54, 1.807) is 7.11 Å². The topological polar surface area (TPSA) is 48.3 Å². The van der Waals surface area contributed by atoms with Crippen LogP contribution in [0.4, 0.5) is 0 Å². The van der Waals surface area contributed by atoms with Crippen LogP contribution in [0, 0.1) is 5.41 Å². The second-order valence-corrected chi connectivity index (χ2v) is 12.2. The van der Waals surface area contributed by atoms with Crippen LogP contribution in [0.25, 0.3) is 22.6 Å². The van der Waals surface area contributed by atoms with E-state index < -0.39 is 0 Å². The lowest BCUT2D eigenvalue weighted by atomic mass is 9.70. The van der Waals surface area contributed by atoms with E-state index in [4.69, 9.17) is 14.5 Å². The van der Waals surface area contributed by atoms with Crippen LogP contribution in [-0.4, -0.2) is 29.8 Å². The number of methoxy groups -OCH3 is 1. The summed E-state index contributed by atoms with van der Waals surface area (Å²) in [5, 5.41) is 3.91. The van der Waals surface area contributed by atoms with Gasteiger partial charge in [-0.3, -0.25) is 0 Å². The zero-order chi connectivity index (χ0) is 28.8. The molecule has 0 spiro atoms. The Labute approximate surface area is 251 Å². The summed E-state index contributed by atoms with van der Waals surface area (Å²) in [6.07, 6.45) is 10.8. The van der Waals surface area contributed by atoms with Crippen LogP contribution in [0.1, 0.15) is 68.7 Å². The normalized spacial score (nSPS) is 15.8. The van der Waals surface area contributed by atoms with Crippen molar-refractivity contribution >= 4 is 0 Å². The third kappa shape index (κ3) is 6.27. The Bertz CT molecular complexity index is 1450. The Morgan fingerprint density at radius 1 is 0.952 bits per heavy atom. The second-order valence-electron chi connectivity index (χ2n) is 12.2. The van der Waals surface area contributed by atoms with Crippen LogP contribution in [-0.2, 0) is 25.9 Å². The van der Waals surface area contributed by atoms with Gasteiger partial charge in [-0.05, 0) is 72.6 Å². The number of fused-ring (bicyclic) bond motifs is 1. The Morgan fingerprint density at radius 2 is 1.76 bits per heavy atom. The molecule has 0 amide bonds. The monoisotopic (exact) mass is 563 g/mol. The van der Waals surface area contributed by atoms with Crippen LogP contribution >= 0.6 is 0 Å². The summed E-state index contributed by atoms with van der Waals surface area (Å²) in [6, 6.07) is 25.9. The smallest absolute Gasteiger partial charge is 0.140 e. The van der Waals surface area contributed by atoms with Gasteiger partial charge in [0.2, 0.25) is 0 Å². The van der Waals surface area contributed by atoms with Crippen molar-refractivity contribution < 1.29 is 9.47 Å². The molecule has 1 aromatic heterocycles. The van der Waals surface area contributed by atoms with Gasteiger partial charge in [-0.25, -0.2) is 4.98 Å². The number of nitrogens with one attached hydrogen (secondary N) is 1. The van der Waals surface area contributed by atoms with Crippen LogP contribution in [0.5, 0.6) is 11.5 Å². The minimum atomic E-state index is 0.206. The number of hydrogen-bond donors (Lipinski definition) is 1. The summed E-state index contributed by atoms with van der Waals surface area (Å²) >= 11 is 0.